The number of fused-ring (bicyclic) bond motifs is 3. The molecule has 3 heterocycles. The third-order valence-corrected chi connectivity index (χ3v) is 2.98. The molecule has 0 aromatic heterocycles. The molecule has 0 radical (unpaired) electrons. The normalized spacial score (nSPS) is 41.5. The molecule has 3 saturated heterocycles. The van der Waals surface area contributed by atoms with Gasteiger partial charge in [-0.15, -0.1) is 0 Å². The van der Waals surface area contributed by atoms with Crippen LogP contribution in [0.25, 0.3) is 0 Å². The van der Waals surface area contributed by atoms with E-state index in [0.29, 0.717) is 0 Å². The van der Waals surface area contributed by atoms with Crippen molar-refractivity contribution < 1.29 is 33.4 Å². The number of carbonyl (C=O) groups is 4. The van der Waals surface area contributed by atoms with Crippen LogP contribution >= 0.6 is 0 Å². The van der Waals surface area contributed by atoms with Gasteiger partial charge in [0.25, 0.3) is 0 Å². The summed E-state index contributed by atoms with van der Waals surface area (Å²) in [5, 5.41) is 0. The molecule has 4 atom stereocenters. The fourth-order valence-corrected chi connectivity index (χ4v) is 2.27. The van der Waals surface area contributed by atoms with E-state index >= 15 is 0 Å². The van der Waals surface area contributed by atoms with Crippen LogP contribution in [0.3, 0.4) is 0 Å². The van der Waals surface area contributed by atoms with Crippen LogP contribution in [0.4, 0.5) is 0 Å². The van der Waals surface area contributed by atoms with Crippen molar-refractivity contribution in [1.29, 1.82) is 0 Å². The maximum atomic E-state index is 11.4. The number of hydrogen-bond donors (Lipinski definition) is 0. The maximum absolute atomic E-state index is 11.4. The maximum Gasteiger partial charge on any atom is 0.343 e. The largest absolute Gasteiger partial charge is 0.457 e. The molecule has 3 fully saturated rings. The van der Waals surface area contributed by atoms with E-state index in [1.54, 1.807) is 0 Å². The second-order valence-corrected chi connectivity index (χ2v) is 3.84. The molecular formula is C9H6O7. The number of rotatable bonds is 0. The highest BCUT2D eigenvalue weighted by atomic mass is 16.6. The van der Waals surface area contributed by atoms with Crippen molar-refractivity contribution in [3.63, 3.8) is 0 Å². The minimum atomic E-state index is -1.14. The van der Waals surface area contributed by atoms with Gasteiger partial charge in [0.05, 0.1) is 0 Å². The van der Waals surface area contributed by atoms with E-state index in [-0.39, 0.29) is 6.61 Å². The lowest BCUT2D eigenvalue weighted by atomic mass is 9.85. The molecule has 0 spiro atoms. The topological polar surface area (TPSA) is 96.0 Å². The molecule has 0 saturated carbocycles. The SMILES string of the molecule is O=C1COC(=O)C2C1OC1C(=O)OC(=O)C12. The smallest absolute Gasteiger partial charge is 0.343 e. The number of hydrogen-bond acceptors (Lipinski definition) is 7. The van der Waals surface area contributed by atoms with E-state index in [4.69, 9.17) is 4.74 Å². The van der Waals surface area contributed by atoms with Crippen molar-refractivity contribution in [3.05, 3.63) is 0 Å². The predicted octanol–water partition coefficient (Wildman–Crippen LogP) is -1.80. The van der Waals surface area contributed by atoms with Crippen LogP contribution in [0.2, 0.25) is 0 Å². The third kappa shape index (κ3) is 1.00. The summed E-state index contributed by atoms with van der Waals surface area (Å²) >= 11 is 0. The van der Waals surface area contributed by atoms with E-state index in [2.05, 4.69) is 9.47 Å². The van der Waals surface area contributed by atoms with Gasteiger partial charge in [-0.2, -0.15) is 0 Å². The fourth-order valence-electron chi connectivity index (χ4n) is 2.27. The Balaban J connectivity index is 2.01. The Morgan fingerprint density at radius 3 is 2.31 bits per heavy atom. The average Bonchev–Trinajstić information content (AvgIpc) is 2.74. The minimum Gasteiger partial charge on any atom is -0.457 e. The van der Waals surface area contributed by atoms with Crippen molar-refractivity contribution in [3.8, 4) is 0 Å². The summed E-state index contributed by atoms with van der Waals surface area (Å²) < 4.78 is 14.1. The first-order valence-electron chi connectivity index (χ1n) is 4.70. The Morgan fingerprint density at radius 2 is 1.56 bits per heavy atom. The first-order valence-corrected chi connectivity index (χ1v) is 4.70. The van der Waals surface area contributed by atoms with Crippen LogP contribution in [-0.4, -0.2) is 42.5 Å². The highest BCUT2D eigenvalue weighted by Crippen LogP contribution is 2.40. The van der Waals surface area contributed by atoms with Gasteiger partial charge in [-0.25, -0.2) is 4.79 Å². The van der Waals surface area contributed by atoms with Gasteiger partial charge < -0.3 is 14.2 Å². The van der Waals surface area contributed by atoms with E-state index in [1.807, 2.05) is 0 Å². The highest BCUT2D eigenvalue weighted by Gasteiger charge is 2.64. The van der Waals surface area contributed by atoms with Gasteiger partial charge in [0.2, 0.25) is 0 Å². The van der Waals surface area contributed by atoms with Crippen molar-refractivity contribution in [1.82, 2.24) is 0 Å². The Labute approximate surface area is 88.6 Å². The summed E-state index contributed by atoms with van der Waals surface area (Å²) in [6, 6.07) is 0. The lowest BCUT2D eigenvalue weighted by Crippen LogP contribution is -2.44. The quantitative estimate of drug-likeness (QED) is 0.355. The van der Waals surface area contributed by atoms with E-state index < -0.39 is 47.7 Å². The van der Waals surface area contributed by atoms with Gasteiger partial charge >= 0.3 is 17.9 Å². The summed E-state index contributed by atoms with van der Waals surface area (Å²) in [6.07, 6.45) is -2.19. The van der Waals surface area contributed by atoms with Gasteiger partial charge in [-0.3, -0.25) is 14.4 Å². The summed E-state index contributed by atoms with van der Waals surface area (Å²) in [5.41, 5.74) is 0. The first-order chi connectivity index (χ1) is 7.59. The van der Waals surface area contributed by atoms with Crippen LogP contribution in [0.5, 0.6) is 0 Å². The van der Waals surface area contributed by atoms with Gasteiger partial charge in [-0.1, -0.05) is 0 Å². The molecule has 0 N–H and O–H groups in total. The molecular weight excluding hydrogens is 220 g/mol. The standard InChI is InChI=1S/C9H6O7/c10-2-1-14-7(11)3-4-6(15-5(2)3)9(13)16-8(4)12/h3-6H,1H2. The molecule has 3 aliphatic rings. The molecule has 16 heavy (non-hydrogen) atoms. The highest BCUT2D eigenvalue weighted by molar-refractivity contribution is 6.05. The van der Waals surface area contributed by atoms with E-state index in [0.717, 1.165) is 0 Å². The minimum absolute atomic E-state index is 0.372. The average molecular weight is 226 g/mol. The predicted molar refractivity (Wildman–Crippen MR) is 42.7 cm³/mol. The number of ether oxygens (including phenoxy) is 3. The van der Waals surface area contributed by atoms with Crippen LogP contribution < -0.4 is 0 Å². The molecule has 4 unspecified atom stereocenters. The summed E-state index contributed by atoms with van der Waals surface area (Å²) in [5.74, 6) is -4.86. The zero-order valence-electron chi connectivity index (χ0n) is 7.87. The second-order valence-electron chi connectivity index (χ2n) is 3.84. The van der Waals surface area contributed by atoms with Gasteiger partial charge in [-0.05, 0) is 0 Å². The summed E-state index contributed by atoms with van der Waals surface area (Å²) in [6.45, 7) is -0.372. The first kappa shape index (κ1) is 9.46. The van der Waals surface area contributed by atoms with Crippen molar-refractivity contribution in [2.45, 2.75) is 12.2 Å². The van der Waals surface area contributed by atoms with Gasteiger partial charge in [0.15, 0.2) is 18.5 Å². The molecule has 3 rings (SSSR count). The third-order valence-electron chi connectivity index (χ3n) is 2.98. The molecule has 3 aliphatic heterocycles. The Kier molecular flexibility index (Phi) is 1.70. The molecule has 84 valence electrons. The lowest BCUT2D eigenvalue weighted by Gasteiger charge is -2.23. The number of Topliss-reactive ketones (excluding diaryl/α,β-unsaturated/α-hetero) is 1. The summed E-state index contributed by atoms with van der Waals surface area (Å²) in [7, 11) is 0. The Bertz CT molecular complexity index is 426. The fraction of sp³-hybridized carbons (Fsp3) is 0.556. The number of cyclic esters (lactones) is 3. The number of esters is 3. The molecule has 0 aromatic carbocycles. The van der Waals surface area contributed by atoms with Gasteiger partial charge in [0, 0.05) is 0 Å². The zero-order valence-corrected chi connectivity index (χ0v) is 7.87. The summed E-state index contributed by atoms with van der Waals surface area (Å²) in [4.78, 5) is 45.4. The molecule has 7 heteroatoms. The van der Waals surface area contributed by atoms with Crippen LogP contribution in [0.15, 0.2) is 0 Å². The Hall–Kier alpha value is -1.76. The van der Waals surface area contributed by atoms with Crippen LogP contribution in [0.1, 0.15) is 0 Å². The lowest BCUT2D eigenvalue weighted by molar-refractivity contribution is -0.172. The Morgan fingerprint density at radius 1 is 0.875 bits per heavy atom. The zero-order chi connectivity index (χ0) is 11.4. The molecule has 0 bridgehead atoms. The van der Waals surface area contributed by atoms with Crippen LogP contribution in [0, 0.1) is 11.8 Å². The van der Waals surface area contributed by atoms with E-state index in [9.17, 15) is 19.2 Å². The van der Waals surface area contributed by atoms with Crippen molar-refractivity contribution in [2.75, 3.05) is 6.61 Å². The van der Waals surface area contributed by atoms with Crippen LogP contribution in [-0.2, 0) is 33.4 Å². The monoisotopic (exact) mass is 226 g/mol. The number of carbonyl (C=O) groups excluding carboxylic acids is 4. The van der Waals surface area contributed by atoms with E-state index in [1.165, 1.54) is 0 Å². The van der Waals surface area contributed by atoms with Gasteiger partial charge in [0.1, 0.15) is 17.9 Å². The molecule has 0 amide bonds. The number of ketones is 1. The molecule has 7 nitrogen and oxygen atoms in total. The molecule has 0 aliphatic carbocycles. The van der Waals surface area contributed by atoms with Crippen molar-refractivity contribution in [2.24, 2.45) is 11.8 Å². The van der Waals surface area contributed by atoms with Crippen molar-refractivity contribution >= 4 is 23.7 Å². The second kappa shape index (κ2) is 2.88. The molecule has 0 aromatic rings.